The molecule has 0 aliphatic rings. The van der Waals surface area contributed by atoms with Gasteiger partial charge < -0.3 is 10.0 Å². The lowest BCUT2D eigenvalue weighted by molar-refractivity contribution is -0.141. The molecule has 0 saturated heterocycles. The van der Waals surface area contributed by atoms with Crippen LogP contribution in [-0.2, 0) is 6.18 Å². The van der Waals surface area contributed by atoms with Gasteiger partial charge in [-0.05, 0) is 22.0 Å². The van der Waals surface area contributed by atoms with Gasteiger partial charge in [-0.25, -0.2) is 4.98 Å². The molecule has 1 aromatic rings. The van der Waals surface area contributed by atoms with E-state index in [-0.39, 0.29) is 10.1 Å². The van der Waals surface area contributed by atoms with Crippen LogP contribution in [0.15, 0.2) is 16.7 Å². The van der Waals surface area contributed by atoms with E-state index in [2.05, 4.69) is 20.9 Å². The van der Waals surface area contributed by atoms with Crippen LogP contribution in [0, 0.1) is 0 Å². The fourth-order valence-corrected chi connectivity index (χ4v) is 1.32. The minimum atomic E-state index is -4.54. The van der Waals surface area contributed by atoms with Crippen LogP contribution in [0.1, 0.15) is 5.69 Å². The zero-order chi connectivity index (χ0) is 10.9. The Hall–Kier alpha value is -0.595. The van der Waals surface area contributed by atoms with Crippen molar-refractivity contribution in [1.82, 2.24) is 4.98 Å². The van der Waals surface area contributed by atoms with E-state index in [0.717, 1.165) is 6.07 Å². The van der Waals surface area contributed by atoms with Crippen LogP contribution in [0.3, 0.4) is 0 Å². The minimum Gasteiger partial charge on any atom is -0.423 e. The number of hydrogen-bond donors (Lipinski definition) is 2. The molecule has 0 bridgehead atoms. The molecule has 2 N–H and O–H groups in total. The lowest BCUT2D eigenvalue weighted by Crippen LogP contribution is -2.32. The molecule has 14 heavy (non-hydrogen) atoms. The van der Waals surface area contributed by atoms with Gasteiger partial charge in [0.25, 0.3) is 0 Å². The van der Waals surface area contributed by atoms with Crippen molar-refractivity contribution in [2.45, 2.75) is 6.18 Å². The number of hydrogen-bond acceptors (Lipinski definition) is 3. The summed E-state index contributed by atoms with van der Waals surface area (Å²) in [6.45, 7) is 0. The smallest absolute Gasteiger partial charge is 0.423 e. The van der Waals surface area contributed by atoms with Gasteiger partial charge in [-0.2, -0.15) is 13.2 Å². The standard InChI is InChI=1S/C6H4BBrF3NO2/c8-5-3(7(13)14)1-2-4(12-5)6(9,10)11/h1-2,13-14H. The molecule has 1 rings (SSSR count). The van der Waals surface area contributed by atoms with Gasteiger partial charge in [-0.15, -0.1) is 0 Å². The Balaban J connectivity index is 3.13. The van der Waals surface area contributed by atoms with Crippen LogP contribution in [0.25, 0.3) is 0 Å². The molecule has 76 valence electrons. The van der Waals surface area contributed by atoms with E-state index >= 15 is 0 Å². The molecule has 0 aliphatic heterocycles. The van der Waals surface area contributed by atoms with Gasteiger partial charge in [0.1, 0.15) is 10.3 Å². The number of alkyl halides is 3. The molecule has 0 spiro atoms. The van der Waals surface area contributed by atoms with Gasteiger partial charge in [0.2, 0.25) is 0 Å². The topological polar surface area (TPSA) is 53.4 Å². The van der Waals surface area contributed by atoms with E-state index in [1.165, 1.54) is 0 Å². The van der Waals surface area contributed by atoms with E-state index < -0.39 is 19.0 Å². The minimum absolute atomic E-state index is 0.113. The molecular formula is C6H4BBrF3NO2. The maximum absolute atomic E-state index is 12.1. The van der Waals surface area contributed by atoms with Crippen molar-refractivity contribution in [3.8, 4) is 0 Å². The van der Waals surface area contributed by atoms with Crippen molar-refractivity contribution in [3.63, 3.8) is 0 Å². The first-order valence-electron chi connectivity index (χ1n) is 3.42. The quantitative estimate of drug-likeness (QED) is 0.578. The van der Waals surface area contributed by atoms with Crippen LogP contribution in [0.4, 0.5) is 13.2 Å². The maximum Gasteiger partial charge on any atom is 0.491 e. The van der Waals surface area contributed by atoms with Crippen LogP contribution in [-0.4, -0.2) is 22.2 Å². The highest BCUT2D eigenvalue weighted by molar-refractivity contribution is 9.10. The first kappa shape index (κ1) is 11.5. The third-order valence-electron chi connectivity index (χ3n) is 1.45. The molecule has 0 amide bonds. The molecule has 1 aromatic heterocycles. The van der Waals surface area contributed by atoms with Gasteiger partial charge in [-0.3, -0.25) is 0 Å². The number of rotatable bonds is 1. The Morgan fingerprint density at radius 3 is 2.21 bits per heavy atom. The Labute approximate surface area is 85.9 Å². The van der Waals surface area contributed by atoms with Crippen molar-refractivity contribution in [1.29, 1.82) is 0 Å². The number of aromatic nitrogens is 1. The molecule has 8 heteroatoms. The summed E-state index contributed by atoms with van der Waals surface area (Å²) in [5.41, 5.74) is -1.20. The molecule has 0 aliphatic carbocycles. The van der Waals surface area contributed by atoms with Gasteiger partial charge in [0.05, 0.1) is 0 Å². The molecule has 0 saturated carbocycles. The summed E-state index contributed by atoms with van der Waals surface area (Å²) in [6, 6.07) is 1.63. The van der Waals surface area contributed by atoms with Crippen LogP contribution in [0.2, 0.25) is 0 Å². The SMILES string of the molecule is OB(O)c1ccc(C(F)(F)F)nc1Br. The molecule has 0 unspecified atom stereocenters. The Kier molecular flexibility index (Phi) is 3.18. The summed E-state index contributed by atoms with van der Waals surface area (Å²) in [6.07, 6.45) is -4.54. The monoisotopic (exact) mass is 269 g/mol. The second-order valence-corrected chi connectivity index (χ2v) is 3.20. The zero-order valence-corrected chi connectivity index (χ0v) is 8.17. The summed E-state index contributed by atoms with van der Waals surface area (Å²) >= 11 is 2.71. The number of nitrogens with zero attached hydrogens (tertiary/aromatic N) is 1. The van der Waals surface area contributed by atoms with Gasteiger partial charge in [-0.1, -0.05) is 6.07 Å². The highest BCUT2D eigenvalue weighted by atomic mass is 79.9. The summed E-state index contributed by atoms with van der Waals surface area (Å²) < 4.78 is 36.0. The Bertz CT molecular complexity index is 344. The molecule has 0 atom stereocenters. The zero-order valence-electron chi connectivity index (χ0n) is 6.59. The molecule has 0 aromatic carbocycles. The van der Waals surface area contributed by atoms with Crippen molar-refractivity contribution in [2.75, 3.05) is 0 Å². The second-order valence-electron chi connectivity index (χ2n) is 2.45. The predicted octanol–water partition coefficient (Wildman–Crippen LogP) is 0.543. The van der Waals surface area contributed by atoms with Gasteiger partial charge in [0, 0.05) is 5.46 Å². The third-order valence-corrected chi connectivity index (χ3v) is 2.08. The number of pyridine rings is 1. The average Bonchev–Trinajstić information content (AvgIpc) is 2.01. The van der Waals surface area contributed by atoms with Crippen molar-refractivity contribution in [3.05, 3.63) is 22.4 Å². The summed E-state index contributed by atoms with van der Waals surface area (Å²) in [5.74, 6) is 0. The highest BCUT2D eigenvalue weighted by Crippen LogP contribution is 2.27. The Morgan fingerprint density at radius 2 is 1.86 bits per heavy atom. The second kappa shape index (κ2) is 3.88. The maximum atomic E-state index is 12.1. The summed E-state index contributed by atoms with van der Waals surface area (Å²) in [4.78, 5) is 3.14. The molecule has 0 fully saturated rings. The largest absolute Gasteiger partial charge is 0.491 e. The lowest BCUT2D eigenvalue weighted by Gasteiger charge is -2.08. The fraction of sp³-hybridized carbons (Fsp3) is 0.167. The highest BCUT2D eigenvalue weighted by Gasteiger charge is 2.33. The van der Waals surface area contributed by atoms with Gasteiger partial charge in [0.15, 0.2) is 0 Å². The molecule has 3 nitrogen and oxygen atoms in total. The third kappa shape index (κ3) is 2.46. The van der Waals surface area contributed by atoms with E-state index in [4.69, 9.17) is 10.0 Å². The fourth-order valence-electron chi connectivity index (χ4n) is 0.796. The number of halogens is 4. The Morgan fingerprint density at radius 1 is 1.29 bits per heavy atom. The first-order valence-corrected chi connectivity index (χ1v) is 4.21. The van der Waals surface area contributed by atoms with Crippen LogP contribution < -0.4 is 5.46 Å². The van der Waals surface area contributed by atoms with Crippen molar-refractivity contribution < 1.29 is 23.2 Å². The van der Waals surface area contributed by atoms with E-state index in [0.29, 0.717) is 6.07 Å². The molecule has 1 heterocycles. The average molecular weight is 270 g/mol. The summed E-state index contributed by atoms with van der Waals surface area (Å²) in [5, 5.41) is 17.4. The van der Waals surface area contributed by atoms with E-state index in [9.17, 15) is 13.2 Å². The van der Waals surface area contributed by atoms with Crippen LogP contribution >= 0.6 is 15.9 Å². The van der Waals surface area contributed by atoms with E-state index in [1.807, 2.05) is 0 Å². The van der Waals surface area contributed by atoms with Crippen molar-refractivity contribution >= 4 is 28.5 Å². The predicted molar refractivity (Wildman–Crippen MR) is 46.8 cm³/mol. The summed E-state index contributed by atoms with van der Waals surface area (Å²) in [7, 11) is -1.85. The van der Waals surface area contributed by atoms with Gasteiger partial charge >= 0.3 is 13.3 Å². The lowest BCUT2D eigenvalue weighted by atomic mass is 9.81. The molecular weight excluding hydrogens is 266 g/mol. The first-order chi connectivity index (χ1) is 6.32. The normalized spacial score (nSPS) is 11.6. The molecule has 0 radical (unpaired) electrons. The van der Waals surface area contributed by atoms with E-state index in [1.54, 1.807) is 0 Å². The van der Waals surface area contributed by atoms with Crippen molar-refractivity contribution in [2.24, 2.45) is 0 Å². The van der Waals surface area contributed by atoms with Crippen LogP contribution in [0.5, 0.6) is 0 Å².